The Balaban J connectivity index is 1.31. The summed E-state index contributed by atoms with van der Waals surface area (Å²) in [5, 5.41) is 22.4. The molecule has 0 radical (unpaired) electrons. The van der Waals surface area contributed by atoms with Gasteiger partial charge in [0.1, 0.15) is 21.5 Å². The van der Waals surface area contributed by atoms with Gasteiger partial charge in [-0.2, -0.15) is 0 Å². The third-order valence-electron chi connectivity index (χ3n) is 3.60. The fraction of sp³-hybridized carbons (Fsp3) is 0.111. The van der Waals surface area contributed by atoms with Crippen LogP contribution >= 0.6 is 47.9 Å². The summed E-state index contributed by atoms with van der Waals surface area (Å²) in [6, 6.07) is 15.0. The molecule has 0 spiro atoms. The summed E-state index contributed by atoms with van der Waals surface area (Å²) in [5.41, 5.74) is 0. The fourth-order valence-corrected chi connectivity index (χ4v) is 4.22. The van der Waals surface area contributed by atoms with E-state index in [0.29, 0.717) is 28.2 Å². The maximum absolute atomic E-state index is 5.74. The Morgan fingerprint density at radius 3 is 2.21 bits per heavy atom. The molecule has 0 saturated heterocycles. The van der Waals surface area contributed by atoms with Crippen LogP contribution in [0.3, 0.4) is 0 Å². The second-order valence-corrected chi connectivity index (χ2v) is 8.69. The van der Waals surface area contributed by atoms with Crippen molar-refractivity contribution in [1.29, 1.82) is 0 Å². The quantitative estimate of drug-likeness (QED) is 0.257. The lowest BCUT2D eigenvalue weighted by Crippen LogP contribution is -2.08. The van der Waals surface area contributed by atoms with Gasteiger partial charge < -0.3 is 14.8 Å². The summed E-state index contributed by atoms with van der Waals surface area (Å²) < 4.78 is 11.4. The van der Waals surface area contributed by atoms with Gasteiger partial charge in [0.15, 0.2) is 6.73 Å². The van der Waals surface area contributed by atoms with E-state index in [2.05, 4.69) is 51.0 Å². The molecule has 0 fully saturated rings. The highest BCUT2D eigenvalue weighted by Crippen LogP contribution is 2.30. The highest BCUT2D eigenvalue weighted by molar-refractivity contribution is 7.80. The molecule has 2 aromatic heterocycles. The van der Waals surface area contributed by atoms with Crippen molar-refractivity contribution in [2.75, 3.05) is 12.0 Å². The number of hydrogen-bond acceptors (Lipinski definition) is 11. The van der Waals surface area contributed by atoms with Crippen molar-refractivity contribution in [3.8, 4) is 16.7 Å². The van der Waals surface area contributed by atoms with E-state index < -0.39 is 0 Å². The minimum atomic E-state index is 0.270. The van der Waals surface area contributed by atoms with Gasteiger partial charge in [-0.25, -0.2) is 0 Å². The fourth-order valence-electron chi connectivity index (χ4n) is 2.27. The van der Waals surface area contributed by atoms with Crippen molar-refractivity contribution < 1.29 is 9.47 Å². The highest BCUT2D eigenvalue weighted by Gasteiger charge is 2.12. The van der Waals surface area contributed by atoms with Crippen LogP contribution in [-0.2, 0) is 6.42 Å². The SMILES string of the molecule is Sc1ccccc1OCNc1nnc(Cc2nnc(Oc3ccccc3S)s2)s1. The van der Waals surface area contributed by atoms with Crippen LogP contribution in [0.1, 0.15) is 10.0 Å². The molecule has 0 atom stereocenters. The summed E-state index contributed by atoms with van der Waals surface area (Å²) in [7, 11) is 0. The van der Waals surface area contributed by atoms with E-state index in [9.17, 15) is 0 Å². The summed E-state index contributed by atoms with van der Waals surface area (Å²) in [6.07, 6.45) is 0.531. The maximum atomic E-state index is 5.74. The summed E-state index contributed by atoms with van der Waals surface area (Å²) >= 11 is 11.5. The van der Waals surface area contributed by atoms with Crippen molar-refractivity contribution in [3.63, 3.8) is 0 Å². The molecule has 4 aromatic rings. The molecule has 148 valence electrons. The zero-order chi connectivity index (χ0) is 20.1. The van der Waals surface area contributed by atoms with Crippen molar-refractivity contribution in [2.45, 2.75) is 16.2 Å². The third kappa shape index (κ3) is 5.38. The van der Waals surface area contributed by atoms with Crippen molar-refractivity contribution in [3.05, 3.63) is 58.5 Å². The molecule has 0 aliphatic heterocycles. The molecule has 2 aromatic carbocycles. The summed E-state index contributed by atoms with van der Waals surface area (Å²) in [4.78, 5) is 1.52. The van der Waals surface area contributed by atoms with Crippen LogP contribution in [0.25, 0.3) is 0 Å². The molecule has 0 aliphatic carbocycles. The first-order chi connectivity index (χ1) is 14.2. The Labute approximate surface area is 186 Å². The van der Waals surface area contributed by atoms with E-state index in [1.165, 1.54) is 22.7 Å². The summed E-state index contributed by atoms with van der Waals surface area (Å²) in [6.45, 7) is 0.270. The lowest BCUT2D eigenvalue weighted by Gasteiger charge is -2.07. The Morgan fingerprint density at radius 1 is 0.793 bits per heavy atom. The highest BCUT2D eigenvalue weighted by atomic mass is 32.1. The molecule has 11 heteroatoms. The number of benzene rings is 2. The van der Waals surface area contributed by atoms with Crippen LogP contribution in [0.2, 0.25) is 0 Å². The number of para-hydroxylation sites is 2. The van der Waals surface area contributed by atoms with Crippen LogP contribution in [0.5, 0.6) is 16.7 Å². The first kappa shape index (κ1) is 20.0. The molecule has 29 heavy (non-hydrogen) atoms. The van der Waals surface area contributed by atoms with E-state index in [4.69, 9.17) is 9.47 Å². The number of thiol groups is 2. The van der Waals surface area contributed by atoms with Crippen molar-refractivity contribution in [1.82, 2.24) is 20.4 Å². The standard InChI is InChI=1S/C18H15N5O2S4/c26-13-7-3-1-5-11(13)24-10-19-17-22-20-15(28-17)9-16-21-23-18(29-16)25-12-6-2-4-8-14(12)27/h1-8,26-27H,9-10H2,(H,19,22). The van der Waals surface area contributed by atoms with Gasteiger partial charge in [0.05, 0.1) is 6.42 Å². The van der Waals surface area contributed by atoms with Gasteiger partial charge in [-0.1, -0.05) is 52.0 Å². The topological polar surface area (TPSA) is 82.0 Å². The van der Waals surface area contributed by atoms with Gasteiger partial charge in [0.2, 0.25) is 5.13 Å². The smallest absolute Gasteiger partial charge is 0.299 e. The Morgan fingerprint density at radius 2 is 1.45 bits per heavy atom. The van der Waals surface area contributed by atoms with E-state index in [1.807, 2.05) is 48.5 Å². The van der Waals surface area contributed by atoms with Gasteiger partial charge in [-0.15, -0.1) is 40.6 Å². The second kappa shape index (κ2) is 9.44. The molecule has 4 rings (SSSR count). The van der Waals surface area contributed by atoms with E-state index >= 15 is 0 Å². The van der Waals surface area contributed by atoms with Crippen LogP contribution in [-0.4, -0.2) is 27.1 Å². The number of ether oxygens (including phenoxy) is 2. The van der Waals surface area contributed by atoms with Gasteiger partial charge in [0.25, 0.3) is 5.19 Å². The molecule has 7 nitrogen and oxygen atoms in total. The lowest BCUT2D eigenvalue weighted by molar-refractivity contribution is 0.339. The normalized spacial score (nSPS) is 10.7. The molecule has 0 aliphatic rings. The Bertz CT molecular complexity index is 1100. The molecule has 0 amide bonds. The number of hydrogen-bond donors (Lipinski definition) is 3. The lowest BCUT2D eigenvalue weighted by atomic mass is 10.3. The van der Waals surface area contributed by atoms with E-state index in [-0.39, 0.29) is 6.73 Å². The number of nitrogens with zero attached hydrogens (tertiary/aromatic N) is 4. The zero-order valence-corrected chi connectivity index (χ0v) is 18.3. The van der Waals surface area contributed by atoms with Gasteiger partial charge in [-0.05, 0) is 24.3 Å². The third-order valence-corrected chi connectivity index (χ3v) is 6.02. The number of aromatic nitrogens is 4. The molecule has 0 unspecified atom stereocenters. The molecular formula is C18H15N5O2S4. The average molecular weight is 462 g/mol. The maximum Gasteiger partial charge on any atom is 0.299 e. The van der Waals surface area contributed by atoms with Crippen molar-refractivity contribution in [2.24, 2.45) is 0 Å². The zero-order valence-electron chi connectivity index (χ0n) is 14.8. The van der Waals surface area contributed by atoms with E-state index in [1.54, 1.807) is 0 Å². The number of rotatable bonds is 8. The Kier molecular flexibility index (Phi) is 6.49. The predicted octanol–water partition coefficient (Wildman–Crippen LogP) is 4.80. The number of anilines is 1. The molecule has 0 bridgehead atoms. The van der Waals surface area contributed by atoms with Crippen LogP contribution < -0.4 is 14.8 Å². The average Bonchev–Trinajstić information content (AvgIpc) is 3.35. The Hall–Kier alpha value is -2.34. The summed E-state index contributed by atoms with van der Waals surface area (Å²) in [5.74, 6) is 1.35. The van der Waals surface area contributed by atoms with Crippen molar-refractivity contribution >= 4 is 53.1 Å². The molecule has 2 heterocycles. The van der Waals surface area contributed by atoms with Crippen LogP contribution in [0, 0.1) is 0 Å². The van der Waals surface area contributed by atoms with Gasteiger partial charge in [-0.3, -0.25) is 0 Å². The number of nitrogens with one attached hydrogen (secondary N) is 1. The van der Waals surface area contributed by atoms with Gasteiger partial charge >= 0.3 is 0 Å². The van der Waals surface area contributed by atoms with Crippen LogP contribution in [0.15, 0.2) is 58.3 Å². The van der Waals surface area contributed by atoms with Crippen LogP contribution in [0.4, 0.5) is 5.13 Å². The minimum Gasteiger partial charge on any atom is -0.472 e. The molecule has 1 N–H and O–H groups in total. The molecular weight excluding hydrogens is 446 g/mol. The first-order valence-corrected chi connectivity index (χ1v) is 11.0. The molecule has 0 saturated carbocycles. The second-order valence-electron chi connectivity index (χ2n) is 5.64. The van der Waals surface area contributed by atoms with E-state index in [0.717, 1.165) is 19.8 Å². The monoisotopic (exact) mass is 461 g/mol. The largest absolute Gasteiger partial charge is 0.472 e. The van der Waals surface area contributed by atoms with Gasteiger partial charge in [0, 0.05) is 9.79 Å². The predicted molar refractivity (Wildman–Crippen MR) is 119 cm³/mol. The first-order valence-electron chi connectivity index (χ1n) is 8.42. The minimum absolute atomic E-state index is 0.270.